The number of halogens is 4. The van der Waals surface area contributed by atoms with Gasteiger partial charge in [0.05, 0.1) is 11.1 Å². The Labute approximate surface area is 152 Å². The zero-order valence-electron chi connectivity index (χ0n) is 13.7. The Morgan fingerprint density at radius 2 is 1.77 bits per heavy atom. The number of amides is 1. The van der Waals surface area contributed by atoms with Crippen molar-refractivity contribution in [3.63, 3.8) is 0 Å². The van der Waals surface area contributed by atoms with Gasteiger partial charge in [-0.15, -0.1) is 0 Å². The number of carbonyl (C=O) groups excluding carboxylic acids is 2. The molecule has 2 aromatic carbocycles. The molecule has 0 atom stereocenters. The summed E-state index contributed by atoms with van der Waals surface area (Å²) in [7, 11) is 0. The van der Waals surface area contributed by atoms with Crippen molar-refractivity contribution in [2.24, 2.45) is 0 Å². The van der Waals surface area contributed by atoms with Crippen LogP contribution in [0.1, 0.15) is 28.4 Å². The van der Waals surface area contributed by atoms with Crippen molar-refractivity contribution in [2.45, 2.75) is 19.5 Å². The van der Waals surface area contributed by atoms with Crippen molar-refractivity contribution in [2.75, 3.05) is 6.54 Å². The average molecular weight is 386 g/mol. The number of nitrogens with one attached hydrogen (secondary N) is 1. The van der Waals surface area contributed by atoms with Crippen molar-refractivity contribution >= 4 is 23.5 Å². The van der Waals surface area contributed by atoms with Gasteiger partial charge in [-0.05, 0) is 42.3 Å². The number of esters is 1. The maximum Gasteiger partial charge on any atom is 0.417 e. The summed E-state index contributed by atoms with van der Waals surface area (Å²) in [6, 6.07) is 9.68. The highest BCUT2D eigenvalue weighted by Crippen LogP contribution is 2.34. The molecule has 0 aliphatic rings. The summed E-state index contributed by atoms with van der Waals surface area (Å²) in [5.74, 6) is -1.89. The number of ether oxygens (including phenoxy) is 1. The van der Waals surface area contributed by atoms with Gasteiger partial charge in [0.25, 0.3) is 5.91 Å². The first-order valence-corrected chi connectivity index (χ1v) is 7.97. The van der Waals surface area contributed by atoms with Crippen LogP contribution in [0.15, 0.2) is 42.5 Å². The van der Waals surface area contributed by atoms with Crippen molar-refractivity contribution < 1.29 is 27.5 Å². The van der Waals surface area contributed by atoms with E-state index in [4.69, 9.17) is 11.6 Å². The van der Waals surface area contributed by atoms with Crippen LogP contribution < -0.4 is 10.1 Å². The van der Waals surface area contributed by atoms with Crippen LogP contribution in [-0.2, 0) is 17.4 Å². The molecule has 0 radical (unpaired) electrons. The maximum atomic E-state index is 13.2. The monoisotopic (exact) mass is 385 g/mol. The van der Waals surface area contributed by atoms with Gasteiger partial charge in [-0.2, -0.15) is 13.2 Å². The number of benzene rings is 2. The lowest BCUT2D eigenvalue weighted by Gasteiger charge is -2.14. The molecule has 0 saturated carbocycles. The summed E-state index contributed by atoms with van der Waals surface area (Å²) >= 11 is 5.77. The first kappa shape index (κ1) is 19.8. The third-order valence-electron chi connectivity index (χ3n) is 3.42. The summed E-state index contributed by atoms with van der Waals surface area (Å²) in [6.45, 7) is 1.23. The van der Waals surface area contributed by atoms with Crippen LogP contribution in [0.2, 0.25) is 5.02 Å². The third-order valence-corrected chi connectivity index (χ3v) is 3.67. The smallest absolute Gasteiger partial charge is 0.417 e. The minimum atomic E-state index is -4.76. The van der Waals surface area contributed by atoms with E-state index in [0.717, 1.165) is 24.6 Å². The first-order valence-electron chi connectivity index (χ1n) is 7.59. The van der Waals surface area contributed by atoms with Gasteiger partial charge in [-0.1, -0.05) is 23.7 Å². The second kappa shape index (κ2) is 8.23. The number of alkyl halides is 3. The molecule has 0 aromatic heterocycles. The molecule has 2 aromatic rings. The lowest BCUT2D eigenvalue weighted by atomic mass is 10.1. The molecular weight excluding hydrogens is 371 g/mol. The molecule has 1 amide bonds. The molecule has 0 saturated heterocycles. The molecule has 0 spiro atoms. The molecule has 0 bridgehead atoms. The molecule has 8 heteroatoms. The van der Waals surface area contributed by atoms with Crippen LogP contribution >= 0.6 is 11.6 Å². The SMILES string of the molecule is CC(=O)Oc1ccc(C(=O)NCCc2ccc(Cl)cc2)c(C(F)(F)F)c1. The maximum absolute atomic E-state index is 13.2. The summed E-state index contributed by atoms with van der Waals surface area (Å²) in [5.41, 5.74) is -0.819. The fraction of sp³-hybridized carbons (Fsp3) is 0.222. The Morgan fingerprint density at radius 1 is 1.12 bits per heavy atom. The van der Waals surface area contributed by atoms with Crippen LogP contribution in [0, 0.1) is 0 Å². The number of rotatable bonds is 5. The highest BCUT2D eigenvalue weighted by molar-refractivity contribution is 6.30. The molecule has 1 N–H and O–H groups in total. The Morgan fingerprint density at radius 3 is 2.35 bits per heavy atom. The fourth-order valence-electron chi connectivity index (χ4n) is 2.25. The van der Waals surface area contributed by atoms with Gasteiger partial charge in [0.1, 0.15) is 5.75 Å². The molecule has 4 nitrogen and oxygen atoms in total. The van der Waals surface area contributed by atoms with E-state index >= 15 is 0 Å². The van der Waals surface area contributed by atoms with E-state index in [0.29, 0.717) is 17.5 Å². The van der Waals surface area contributed by atoms with Crippen LogP contribution in [0.4, 0.5) is 13.2 Å². The predicted molar refractivity (Wildman–Crippen MR) is 90.2 cm³/mol. The Hall–Kier alpha value is -2.54. The topological polar surface area (TPSA) is 55.4 Å². The first-order chi connectivity index (χ1) is 12.2. The molecule has 138 valence electrons. The highest BCUT2D eigenvalue weighted by atomic mass is 35.5. The van der Waals surface area contributed by atoms with E-state index in [1.807, 2.05) is 0 Å². The van der Waals surface area contributed by atoms with Crippen molar-refractivity contribution in [1.29, 1.82) is 0 Å². The number of carbonyl (C=O) groups is 2. The molecule has 2 rings (SSSR count). The Bertz CT molecular complexity index is 804. The number of hydrogen-bond acceptors (Lipinski definition) is 3. The summed E-state index contributed by atoms with van der Waals surface area (Å²) in [6.07, 6.45) is -4.32. The van der Waals surface area contributed by atoms with Crippen LogP contribution in [-0.4, -0.2) is 18.4 Å². The molecule has 0 fully saturated rings. The van der Waals surface area contributed by atoms with Crippen molar-refractivity contribution in [3.05, 3.63) is 64.2 Å². The Balaban J connectivity index is 2.11. The molecule has 0 unspecified atom stereocenters. The minimum absolute atomic E-state index is 0.156. The van der Waals surface area contributed by atoms with Gasteiger partial charge in [0, 0.05) is 18.5 Å². The van der Waals surface area contributed by atoms with Crippen LogP contribution in [0.3, 0.4) is 0 Å². The second-order valence-corrected chi connectivity index (χ2v) is 5.87. The molecule has 0 aliphatic heterocycles. The van der Waals surface area contributed by atoms with Gasteiger partial charge in [0.15, 0.2) is 0 Å². The summed E-state index contributed by atoms with van der Waals surface area (Å²) < 4.78 is 44.3. The summed E-state index contributed by atoms with van der Waals surface area (Å²) in [4.78, 5) is 23.0. The van der Waals surface area contributed by atoms with E-state index in [1.165, 1.54) is 0 Å². The quantitative estimate of drug-likeness (QED) is 0.618. The normalized spacial score (nSPS) is 11.1. The zero-order valence-corrected chi connectivity index (χ0v) is 14.4. The van der Waals surface area contributed by atoms with Gasteiger partial charge in [-0.25, -0.2) is 0 Å². The van der Waals surface area contributed by atoms with Gasteiger partial charge in [0.2, 0.25) is 0 Å². The zero-order chi connectivity index (χ0) is 19.3. The van der Waals surface area contributed by atoms with E-state index < -0.39 is 29.2 Å². The molecule has 0 aliphatic carbocycles. The van der Waals surface area contributed by atoms with Crippen molar-refractivity contribution in [3.8, 4) is 5.75 Å². The predicted octanol–water partition coefficient (Wildman–Crippen LogP) is 4.26. The van der Waals surface area contributed by atoms with E-state index in [-0.39, 0.29) is 12.3 Å². The van der Waals surface area contributed by atoms with E-state index in [2.05, 4.69) is 10.1 Å². The summed E-state index contributed by atoms with van der Waals surface area (Å²) in [5, 5.41) is 3.02. The number of hydrogen-bond donors (Lipinski definition) is 1. The largest absolute Gasteiger partial charge is 0.427 e. The van der Waals surface area contributed by atoms with E-state index in [9.17, 15) is 22.8 Å². The molecule has 0 heterocycles. The lowest BCUT2D eigenvalue weighted by Crippen LogP contribution is -2.28. The minimum Gasteiger partial charge on any atom is -0.427 e. The van der Waals surface area contributed by atoms with Crippen LogP contribution in [0.5, 0.6) is 5.75 Å². The van der Waals surface area contributed by atoms with Crippen molar-refractivity contribution in [1.82, 2.24) is 5.32 Å². The van der Waals surface area contributed by atoms with Crippen LogP contribution in [0.25, 0.3) is 0 Å². The molecular formula is C18H15ClF3NO3. The highest BCUT2D eigenvalue weighted by Gasteiger charge is 2.35. The van der Waals surface area contributed by atoms with Gasteiger partial charge in [-0.3, -0.25) is 9.59 Å². The molecule has 26 heavy (non-hydrogen) atoms. The fourth-order valence-corrected chi connectivity index (χ4v) is 2.38. The average Bonchev–Trinajstić information content (AvgIpc) is 2.55. The Kier molecular flexibility index (Phi) is 6.26. The van der Waals surface area contributed by atoms with E-state index in [1.54, 1.807) is 24.3 Å². The lowest BCUT2D eigenvalue weighted by molar-refractivity contribution is -0.139. The van der Waals surface area contributed by atoms with Gasteiger partial charge >= 0.3 is 12.1 Å². The third kappa shape index (κ3) is 5.49. The van der Waals surface area contributed by atoms with Gasteiger partial charge < -0.3 is 10.1 Å². The second-order valence-electron chi connectivity index (χ2n) is 5.43. The standard InChI is InChI=1S/C18H15ClF3NO3/c1-11(24)26-14-6-7-15(16(10-14)18(20,21)22)17(25)23-9-8-12-2-4-13(19)5-3-12/h2-7,10H,8-9H2,1H3,(H,23,25).